The van der Waals surface area contributed by atoms with Crippen LogP contribution in [0.25, 0.3) is 10.4 Å². The zero-order valence-electron chi connectivity index (χ0n) is 16.2. The monoisotopic (exact) mass is 409 g/mol. The summed E-state index contributed by atoms with van der Waals surface area (Å²) in [6, 6.07) is 9.94. The molecule has 1 amide bonds. The Morgan fingerprint density at radius 2 is 2.14 bits per heavy atom. The van der Waals surface area contributed by atoms with Gasteiger partial charge < -0.3 is 15.2 Å². The molecule has 3 heterocycles. The highest BCUT2D eigenvalue weighted by molar-refractivity contribution is 7.13. The largest absolute Gasteiger partial charge is 0.389 e. The number of ether oxygens (including phenoxy) is 1. The number of hydrogen-bond donors (Lipinski definition) is 2. The van der Waals surface area contributed by atoms with Crippen LogP contribution >= 0.6 is 11.3 Å². The molecule has 2 unspecified atom stereocenters. The first-order chi connectivity index (χ1) is 14.1. The van der Waals surface area contributed by atoms with Gasteiger partial charge in [0.2, 0.25) is 0 Å². The van der Waals surface area contributed by atoms with E-state index in [9.17, 15) is 9.90 Å². The number of carbonyl (C=O) groups is 1. The zero-order chi connectivity index (χ0) is 20.2. The fourth-order valence-electron chi connectivity index (χ4n) is 3.38. The fourth-order valence-corrected chi connectivity index (χ4v) is 4.01. The molecule has 1 aliphatic heterocycles. The van der Waals surface area contributed by atoms with E-state index in [1.165, 1.54) is 5.56 Å². The molecule has 2 N–H and O–H groups in total. The molecule has 2 aromatic heterocycles. The summed E-state index contributed by atoms with van der Waals surface area (Å²) in [6.07, 6.45) is 4.23. The second-order valence-electron chi connectivity index (χ2n) is 7.25. The summed E-state index contributed by atoms with van der Waals surface area (Å²) in [6.45, 7) is 2.78. The normalized spacial score (nSPS) is 19.1. The van der Waals surface area contributed by atoms with Gasteiger partial charge in [-0.2, -0.15) is 0 Å². The number of aromatic nitrogens is 2. The van der Waals surface area contributed by atoms with Crippen LogP contribution < -0.4 is 5.32 Å². The van der Waals surface area contributed by atoms with Crippen molar-refractivity contribution in [2.45, 2.75) is 31.9 Å². The number of hydrogen-bond acceptors (Lipinski definition) is 6. The lowest BCUT2D eigenvalue weighted by atomic mass is 10.00. The Kier molecular flexibility index (Phi) is 5.99. The number of thiazole rings is 1. The molecule has 7 heteroatoms. The van der Waals surface area contributed by atoms with Crippen molar-refractivity contribution in [3.05, 3.63) is 70.6 Å². The lowest BCUT2D eigenvalue weighted by Gasteiger charge is -2.28. The number of pyridine rings is 1. The number of aryl methyl sites for hydroxylation is 1. The van der Waals surface area contributed by atoms with Crippen molar-refractivity contribution in [3.8, 4) is 10.4 Å². The molecule has 1 saturated heterocycles. The molecule has 6 nitrogen and oxygen atoms in total. The number of nitrogens with one attached hydrogen (secondary N) is 1. The predicted octanol–water partition coefficient (Wildman–Crippen LogP) is 2.98. The smallest absolute Gasteiger partial charge is 0.270 e. The van der Waals surface area contributed by atoms with Crippen LogP contribution in [0, 0.1) is 6.92 Å². The van der Waals surface area contributed by atoms with Crippen molar-refractivity contribution in [1.29, 1.82) is 0 Å². The van der Waals surface area contributed by atoms with Crippen LogP contribution in [0.3, 0.4) is 0 Å². The number of aliphatic hydroxyl groups is 1. The minimum absolute atomic E-state index is 0.245. The minimum atomic E-state index is -0.685. The molecule has 0 spiro atoms. The Hall–Kier alpha value is -2.61. The third kappa shape index (κ3) is 4.70. The number of carbonyl (C=O) groups excluding carboxylic acids is 1. The minimum Gasteiger partial charge on any atom is -0.389 e. The van der Waals surface area contributed by atoms with E-state index in [-0.39, 0.29) is 18.6 Å². The van der Waals surface area contributed by atoms with Crippen LogP contribution in [0.2, 0.25) is 0 Å². The molecule has 1 aromatic carbocycles. The van der Waals surface area contributed by atoms with E-state index in [1.807, 2.05) is 24.7 Å². The van der Waals surface area contributed by atoms with E-state index in [2.05, 4.69) is 39.6 Å². The number of amides is 1. The second kappa shape index (κ2) is 8.82. The summed E-state index contributed by atoms with van der Waals surface area (Å²) in [5, 5.41) is 12.9. The van der Waals surface area contributed by atoms with Gasteiger partial charge in [-0.05, 0) is 48.1 Å². The van der Waals surface area contributed by atoms with Gasteiger partial charge in [0.15, 0.2) is 0 Å². The highest BCUT2D eigenvalue weighted by Gasteiger charge is 2.26. The maximum Gasteiger partial charge on any atom is 0.270 e. The molecule has 0 radical (unpaired) electrons. The molecule has 29 heavy (non-hydrogen) atoms. The van der Waals surface area contributed by atoms with Crippen molar-refractivity contribution in [2.24, 2.45) is 0 Å². The summed E-state index contributed by atoms with van der Waals surface area (Å²) >= 11 is 1.62. The lowest BCUT2D eigenvalue weighted by molar-refractivity contribution is -0.0261. The van der Waals surface area contributed by atoms with Crippen molar-refractivity contribution in [1.82, 2.24) is 15.3 Å². The van der Waals surface area contributed by atoms with Crippen LogP contribution in [0.15, 0.2) is 48.2 Å². The van der Waals surface area contributed by atoms with Gasteiger partial charge in [-0.1, -0.05) is 24.3 Å². The molecule has 4 rings (SSSR count). The molecule has 2 atom stereocenters. The molecule has 0 aliphatic carbocycles. The first-order valence-corrected chi connectivity index (χ1v) is 10.5. The van der Waals surface area contributed by atoms with Crippen molar-refractivity contribution in [2.75, 3.05) is 13.2 Å². The van der Waals surface area contributed by atoms with Gasteiger partial charge in [0, 0.05) is 19.0 Å². The molecule has 1 aliphatic rings. The molecular weight excluding hydrogens is 386 g/mol. The van der Waals surface area contributed by atoms with Gasteiger partial charge in [0.1, 0.15) is 5.69 Å². The van der Waals surface area contributed by atoms with Crippen molar-refractivity contribution >= 4 is 17.2 Å². The standard InChI is InChI=1S/C22H23N3O3S/c1-14-10-24-19(22(27)25-18-6-7-28-12-20(18)26)9-17(14)8-15-2-4-16(5-3-15)21-11-23-13-29-21/h2-5,9-11,13,18,20,26H,6-8,12H2,1H3,(H,25,27). The molecule has 3 aromatic rings. The van der Waals surface area contributed by atoms with Crippen LogP contribution in [0.4, 0.5) is 0 Å². The topological polar surface area (TPSA) is 84.3 Å². The Morgan fingerprint density at radius 3 is 2.86 bits per heavy atom. The van der Waals surface area contributed by atoms with Gasteiger partial charge in [-0.3, -0.25) is 14.8 Å². The van der Waals surface area contributed by atoms with Crippen LogP contribution in [-0.4, -0.2) is 46.3 Å². The fraction of sp³-hybridized carbons (Fsp3) is 0.318. The van der Waals surface area contributed by atoms with E-state index >= 15 is 0 Å². The number of benzene rings is 1. The average molecular weight is 410 g/mol. The third-order valence-electron chi connectivity index (χ3n) is 5.16. The zero-order valence-corrected chi connectivity index (χ0v) is 17.0. The Labute approximate surface area is 173 Å². The van der Waals surface area contributed by atoms with Crippen LogP contribution in [0.5, 0.6) is 0 Å². The van der Waals surface area contributed by atoms with Crippen LogP contribution in [-0.2, 0) is 11.2 Å². The molecule has 1 fully saturated rings. The van der Waals surface area contributed by atoms with E-state index in [4.69, 9.17) is 4.74 Å². The summed E-state index contributed by atoms with van der Waals surface area (Å²) in [5.74, 6) is -0.266. The second-order valence-corrected chi connectivity index (χ2v) is 8.13. The number of aliphatic hydroxyl groups excluding tert-OH is 1. The van der Waals surface area contributed by atoms with E-state index in [1.54, 1.807) is 17.5 Å². The lowest BCUT2D eigenvalue weighted by Crippen LogP contribution is -2.48. The number of rotatable bonds is 5. The average Bonchev–Trinajstić information content (AvgIpc) is 3.27. The summed E-state index contributed by atoms with van der Waals surface area (Å²) < 4.78 is 5.21. The van der Waals surface area contributed by atoms with E-state index in [0.717, 1.165) is 28.0 Å². The molecular formula is C22H23N3O3S. The molecule has 0 saturated carbocycles. The maximum absolute atomic E-state index is 12.6. The van der Waals surface area contributed by atoms with Gasteiger partial charge in [-0.15, -0.1) is 11.3 Å². The van der Waals surface area contributed by atoms with Gasteiger partial charge in [-0.25, -0.2) is 0 Å². The maximum atomic E-state index is 12.6. The predicted molar refractivity (Wildman–Crippen MR) is 112 cm³/mol. The van der Waals surface area contributed by atoms with Crippen LogP contribution in [0.1, 0.15) is 33.6 Å². The van der Waals surface area contributed by atoms with E-state index < -0.39 is 6.10 Å². The highest BCUT2D eigenvalue weighted by atomic mass is 32.1. The summed E-state index contributed by atoms with van der Waals surface area (Å²) in [5.41, 5.74) is 6.61. The first-order valence-electron chi connectivity index (χ1n) is 9.60. The Bertz CT molecular complexity index is 973. The van der Waals surface area contributed by atoms with E-state index in [0.29, 0.717) is 18.7 Å². The molecule has 0 bridgehead atoms. The Morgan fingerprint density at radius 1 is 1.31 bits per heavy atom. The molecule has 150 valence electrons. The van der Waals surface area contributed by atoms with Gasteiger partial charge >= 0.3 is 0 Å². The highest BCUT2D eigenvalue weighted by Crippen LogP contribution is 2.24. The quantitative estimate of drug-likeness (QED) is 0.677. The van der Waals surface area contributed by atoms with Gasteiger partial charge in [0.25, 0.3) is 5.91 Å². The Balaban J connectivity index is 1.47. The van der Waals surface area contributed by atoms with Gasteiger partial charge in [0.05, 0.1) is 29.1 Å². The SMILES string of the molecule is Cc1cnc(C(=O)NC2CCOCC2O)cc1Cc1ccc(-c2cncs2)cc1. The summed E-state index contributed by atoms with van der Waals surface area (Å²) in [7, 11) is 0. The first kappa shape index (κ1) is 19.7. The van der Waals surface area contributed by atoms with Crippen molar-refractivity contribution < 1.29 is 14.6 Å². The van der Waals surface area contributed by atoms with Crippen molar-refractivity contribution in [3.63, 3.8) is 0 Å². The summed E-state index contributed by atoms with van der Waals surface area (Å²) in [4.78, 5) is 22.2. The third-order valence-corrected chi connectivity index (χ3v) is 5.98. The number of nitrogens with zero attached hydrogens (tertiary/aromatic N) is 2.